The molecule has 106 valence electrons. The average molecular weight is 276 g/mol. The smallest absolute Gasteiger partial charge is 0.391 e. The van der Waals surface area contributed by atoms with Crippen LogP contribution in [0.15, 0.2) is 6.07 Å². The van der Waals surface area contributed by atoms with E-state index in [2.05, 4.69) is 20.6 Å². The van der Waals surface area contributed by atoms with E-state index in [9.17, 15) is 18.3 Å². The molecule has 1 aromatic rings. The van der Waals surface area contributed by atoms with Crippen molar-refractivity contribution in [2.24, 2.45) is 5.92 Å². The first-order chi connectivity index (χ1) is 8.90. The van der Waals surface area contributed by atoms with Crippen molar-refractivity contribution in [3.05, 3.63) is 11.9 Å². The van der Waals surface area contributed by atoms with Crippen LogP contribution in [0, 0.1) is 5.92 Å². The second-order valence-corrected chi connectivity index (χ2v) is 4.50. The van der Waals surface area contributed by atoms with Crippen LogP contribution in [0.4, 0.5) is 24.8 Å². The quantitative estimate of drug-likeness (QED) is 0.764. The summed E-state index contributed by atoms with van der Waals surface area (Å²) >= 11 is 0. The number of nitrogens with zero attached hydrogens (tertiary/aromatic N) is 2. The topological polar surface area (TPSA) is 70.1 Å². The van der Waals surface area contributed by atoms with Gasteiger partial charge in [-0.25, -0.2) is 9.97 Å². The summed E-state index contributed by atoms with van der Waals surface area (Å²) in [5.41, 5.74) is 0. The molecule has 0 amide bonds. The predicted molar refractivity (Wildman–Crippen MR) is 63.8 cm³/mol. The van der Waals surface area contributed by atoms with Gasteiger partial charge in [0.05, 0.1) is 6.10 Å². The van der Waals surface area contributed by atoms with Crippen molar-refractivity contribution in [3.8, 4) is 0 Å². The molecule has 0 aromatic carbocycles. The van der Waals surface area contributed by atoms with Gasteiger partial charge in [0.15, 0.2) is 0 Å². The van der Waals surface area contributed by atoms with Gasteiger partial charge in [-0.1, -0.05) is 0 Å². The first-order valence-corrected chi connectivity index (χ1v) is 5.96. The van der Waals surface area contributed by atoms with Crippen LogP contribution < -0.4 is 10.6 Å². The van der Waals surface area contributed by atoms with Gasteiger partial charge in [0.2, 0.25) is 5.82 Å². The summed E-state index contributed by atoms with van der Waals surface area (Å²) in [5, 5.41) is 14.9. The van der Waals surface area contributed by atoms with Crippen molar-refractivity contribution in [2.45, 2.75) is 25.1 Å². The summed E-state index contributed by atoms with van der Waals surface area (Å²) < 4.78 is 37.8. The van der Waals surface area contributed by atoms with Gasteiger partial charge in [0.25, 0.3) is 0 Å². The lowest BCUT2D eigenvalue weighted by atomic mass is 10.2. The summed E-state index contributed by atoms with van der Waals surface area (Å²) in [6.45, 7) is 0.183. The second-order valence-electron chi connectivity index (χ2n) is 4.50. The van der Waals surface area contributed by atoms with Crippen LogP contribution in [0.1, 0.15) is 18.7 Å². The third kappa shape index (κ3) is 3.69. The van der Waals surface area contributed by atoms with Gasteiger partial charge in [-0.05, 0) is 18.8 Å². The van der Waals surface area contributed by atoms with Gasteiger partial charge in [-0.15, -0.1) is 0 Å². The third-order valence-electron chi connectivity index (χ3n) is 2.89. The molecule has 0 radical (unpaired) electrons. The third-order valence-corrected chi connectivity index (χ3v) is 2.89. The molecule has 2 rings (SSSR count). The Balaban J connectivity index is 2.09. The monoisotopic (exact) mass is 276 g/mol. The number of hydrogen-bond donors (Lipinski definition) is 3. The summed E-state index contributed by atoms with van der Waals surface area (Å²) in [6.07, 6.45) is -3.23. The predicted octanol–water partition coefficient (Wildman–Crippen LogP) is 1.72. The maximum Gasteiger partial charge on any atom is 0.451 e. The Morgan fingerprint density at radius 3 is 2.53 bits per heavy atom. The van der Waals surface area contributed by atoms with E-state index in [4.69, 9.17) is 0 Å². The minimum atomic E-state index is -4.60. The van der Waals surface area contributed by atoms with E-state index in [0.29, 0.717) is 0 Å². The number of anilines is 2. The van der Waals surface area contributed by atoms with E-state index < -0.39 is 18.1 Å². The zero-order valence-electron chi connectivity index (χ0n) is 10.3. The van der Waals surface area contributed by atoms with E-state index in [1.807, 2.05) is 0 Å². The fourth-order valence-corrected chi connectivity index (χ4v) is 1.65. The van der Waals surface area contributed by atoms with Crippen molar-refractivity contribution in [1.29, 1.82) is 0 Å². The molecule has 1 heterocycles. The Morgan fingerprint density at radius 1 is 1.37 bits per heavy atom. The Morgan fingerprint density at radius 2 is 2.00 bits per heavy atom. The summed E-state index contributed by atoms with van der Waals surface area (Å²) in [5.74, 6) is -0.833. The molecule has 1 fully saturated rings. The van der Waals surface area contributed by atoms with Crippen LogP contribution in [0.3, 0.4) is 0 Å². The number of hydrogen-bond acceptors (Lipinski definition) is 5. The lowest BCUT2D eigenvalue weighted by Gasteiger charge is -2.13. The average Bonchev–Trinajstić information content (AvgIpc) is 3.18. The minimum Gasteiger partial charge on any atom is -0.391 e. The van der Waals surface area contributed by atoms with E-state index >= 15 is 0 Å². The molecular weight excluding hydrogens is 261 g/mol. The van der Waals surface area contributed by atoms with Gasteiger partial charge in [-0.2, -0.15) is 13.2 Å². The fourth-order valence-electron chi connectivity index (χ4n) is 1.65. The molecule has 1 aliphatic carbocycles. The summed E-state index contributed by atoms with van der Waals surface area (Å²) in [6, 6.07) is 1.37. The molecule has 5 nitrogen and oxygen atoms in total. The largest absolute Gasteiger partial charge is 0.451 e. The first kappa shape index (κ1) is 13.9. The molecule has 0 spiro atoms. The highest BCUT2D eigenvalue weighted by Crippen LogP contribution is 2.33. The molecule has 1 aliphatic rings. The molecule has 0 aliphatic heterocycles. The molecule has 0 bridgehead atoms. The normalized spacial score (nSPS) is 17.1. The summed E-state index contributed by atoms with van der Waals surface area (Å²) in [7, 11) is 1.48. The van der Waals surface area contributed by atoms with Gasteiger partial charge in [0.1, 0.15) is 11.6 Å². The minimum absolute atomic E-state index is 0.0476. The SMILES string of the molecule is CNc1cc(NCC(O)C2CC2)nc(C(F)(F)F)n1. The van der Waals surface area contributed by atoms with Crippen molar-refractivity contribution >= 4 is 11.6 Å². The van der Waals surface area contributed by atoms with E-state index in [-0.39, 0.29) is 24.1 Å². The molecule has 1 aromatic heterocycles. The molecule has 19 heavy (non-hydrogen) atoms. The highest BCUT2D eigenvalue weighted by atomic mass is 19.4. The second kappa shape index (κ2) is 5.20. The van der Waals surface area contributed by atoms with Crippen molar-refractivity contribution in [3.63, 3.8) is 0 Å². The lowest BCUT2D eigenvalue weighted by molar-refractivity contribution is -0.144. The Kier molecular flexibility index (Phi) is 3.79. The summed E-state index contributed by atoms with van der Waals surface area (Å²) in [4.78, 5) is 6.75. The molecule has 0 saturated heterocycles. The highest BCUT2D eigenvalue weighted by molar-refractivity contribution is 5.47. The Hall–Kier alpha value is -1.57. The number of alkyl halides is 3. The van der Waals surface area contributed by atoms with Gasteiger partial charge < -0.3 is 15.7 Å². The van der Waals surface area contributed by atoms with Crippen LogP contribution in [-0.2, 0) is 6.18 Å². The van der Waals surface area contributed by atoms with Crippen LogP contribution in [0.5, 0.6) is 0 Å². The zero-order chi connectivity index (χ0) is 14.0. The molecule has 8 heteroatoms. The standard InChI is InChI=1S/C11H15F3N4O/c1-15-8-4-9(16-5-7(19)6-2-3-6)18-10(17-8)11(12,13)14/h4,6-7,19H,2-3,5H2,1H3,(H2,15,16,17,18). The van der Waals surface area contributed by atoms with E-state index in [1.54, 1.807) is 0 Å². The zero-order valence-corrected chi connectivity index (χ0v) is 10.3. The maximum atomic E-state index is 12.6. The highest BCUT2D eigenvalue weighted by Gasteiger charge is 2.35. The molecule has 1 unspecified atom stereocenters. The van der Waals surface area contributed by atoms with Crippen molar-refractivity contribution in [1.82, 2.24) is 9.97 Å². The van der Waals surface area contributed by atoms with Gasteiger partial charge >= 0.3 is 6.18 Å². The maximum absolute atomic E-state index is 12.6. The van der Waals surface area contributed by atoms with Gasteiger partial charge in [0, 0.05) is 19.7 Å². The van der Waals surface area contributed by atoms with Gasteiger partial charge in [-0.3, -0.25) is 0 Å². The van der Waals surface area contributed by atoms with Crippen LogP contribution in [0.2, 0.25) is 0 Å². The number of rotatable bonds is 5. The van der Waals surface area contributed by atoms with Crippen molar-refractivity contribution < 1.29 is 18.3 Å². The van der Waals surface area contributed by atoms with E-state index in [0.717, 1.165) is 12.8 Å². The number of halogens is 3. The number of aromatic nitrogens is 2. The van der Waals surface area contributed by atoms with Crippen LogP contribution in [0.25, 0.3) is 0 Å². The van der Waals surface area contributed by atoms with Crippen LogP contribution >= 0.6 is 0 Å². The Labute approximate surface area is 108 Å². The number of aliphatic hydroxyl groups is 1. The van der Waals surface area contributed by atoms with E-state index in [1.165, 1.54) is 13.1 Å². The molecule has 1 atom stereocenters. The lowest BCUT2D eigenvalue weighted by Crippen LogP contribution is -2.23. The number of nitrogens with one attached hydrogen (secondary N) is 2. The molecular formula is C11H15F3N4O. The number of aliphatic hydroxyl groups excluding tert-OH is 1. The molecule has 1 saturated carbocycles. The first-order valence-electron chi connectivity index (χ1n) is 5.96. The Bertz CT molecular complexity index is 448. The van der Waals surface area contributed by atoms with Crippen molar-refractivity contribution in [2.75, 3.05) is 24.2 Å². The molecule has 3 N–H and O–H groups in total. The van der Waals surface area contributed by atoms with Crippen LogP contribution in [-0.4, -0.2) is 34.8 Å². The fraction of sp³-hybridized carbons (Fsp3) is 0.636.